The highest BCUT2D eigenvalue weighted by molar-refractivity contribution is 5.83. The van der Waals surface area contributed by atoms with Crippen LogP contribution in [0.2, 0.25) is 0 Å². The molecule has 11 heteroatoms. The maximum atomic E-state index is 11.8. The van der Waals surface area contributed by atoms with Crippen LogP contribution >= 0.6 is 0 Å². The topological polar surface area (TPSA) is 147 Å². The van der Waals surface area contributed by atoms with Crippen molar-refractivity contribution in [3.05, 3.63) is 29.8 Å². The van der Waals surface area contributed by atoms with E-state index in [1.165, 1.54) is 19.2 Å². The maximum absolute atomic E-state index is 11.8. The summed E-state index contributed by atoms with van der Waals surface area (Å²) in [5.74, 6) is -2.85. The molecule has 2 rings (SSSR count). The van der Waals surface area contributed by atoms with Crippen LogP contribution in [0.4, 0.5) is 0 Å². The fraction of sp³-hybridized carbons (Fsp3) is 0.476. The molecule has 1 fully saturated rings. The zero-order valence-electron chi connectivity index (χ0n) is 18.0. The van der Waals surface area contributed by atoms with Crippen LogP contribution in [0.3, 0.4) is 0 Å². The molecule has 32 heavy (non-hydrogen) atoms. The molecular formula is C21H25NO10. The highest BCUT2D eigenvalue weighted by Gasteiger charge is 2.52. The third-order valence-electron chi connectivity index (χ3n) is 4.26. The fourth-order valence-electron chi connectivity index (χ4n) is 3.08. The van der Waals surface area contributed by atoms with Crippen molar-refractivity contribution >= 4 is 30.1 Å². The summed E-state index contributed by atoms with van der Waals surface area (Å²) in [6.07, 6.45) is -4.90. The molecule has 0 bridgehead atoms. The lowest BCUT2D eigenvalue weighted by molar-refractivity contribution is -0.250. The van der Waals surface area contributed by atoms with E-state index < -0.39 is 54.5 Å². The van der Waals surface area contributed by atoms with Crippen molar-refractivity contribution in [2.75, 3.05) is 6.61 Å². The van der Waals surface area contributed by atoms with Gasteiger partial charge in [-0.15, -0.1) is 0 Å². The van der Waals surface area contributed by atoms with Crippen LogP contribution in [-0.4, -0.2) is 72.4 Å². The summed E-state index contributed by atoms with van der Waals surface area (Å²) < 4.78 is 26.7. The highest BCUT2D eigenvalue weighted by Crippen LogP contribution is 2.30. The lowest BCUT2D eigenvalue weighted by Gasteiger charge is -2.43. The summed E-state index contributed by atoms with van der Waals surface area (Å²) in [7, 11) is 0. The van der Waals surface area contributed by atoms with Gasteiger partial charge in [0.05, 0.1) is 0 Å². The molecule has 174 valence electrons. The SMILES string of the molecule is CC(=O)OC[C@H]1O[C@@H](N=Cc2ccccc2O)[C@@H](OC(C)=O)[C@@H](OC(C)=O)[C@H]1OC(C)=O. The van der Waals surface area contributed by atoms with Crippen molar-refractivity contribution < 1.29 is 48.0 Å². The van der Waals surface area contributed by atoms with E-state index in [2.05, 4.69) is 4.99 Å². The highest BCUT2D eigenvalue weighted by atomic mass is 16.7. The van der Waals surface area contributed by atoms with Crippen molar-refractivity contribution in [2.45, 2.75) is 58.3 Å². The number of carbonyl (C=O) groups excluding carboxylic acids is 4. The Morgan fingerprint density at radius 3 is 2.03 bits per heavy atom. The largest absolute Gasteiger partial charge is 0.507 e. The minimum atomic E-state index is -1.30. The van der Waals surface area contributed by atoms with Gasteiger partial charge in [-0.3, -0.25) is 24.2 Å². The van der Waals surface area contributed by atoms with Gasteiger partial charge in [0.1, 0.15) is 18.5 Å². The first kappa shape index (κ1) is 24.8. The summed E-state index contributed by atoms with van der Waals surface area (Å²) in [5.41, 5.74) is 0.348. The zero-order chi connectivity index (χ0) is 23.8. The molecule has 1 N–H and O–H groups in total. The number of aromatic hydroxyl groups is 1. The number of rotatable bonds is 7. The number of carbonyl (C=O) groups is 4. The summed E-state index contributed by atoms with van der Waals surface area (Å²) in [4.78, 5) is 50.8. The molecule has 0 aliphatic carbocycles. The number of hydrogen-bond donors (Lipinski definition) is 1. The van der Waals surface area contributed by atoms with Crippen molar-refractivity contribution in [3.8, 4) is 5.75 Å². The monoisotopic (exact) mass is 451 g/mol. The van der Waals surface area contributed by atoms with Gasteiger partial charge in [-0.1, -0.05) is 12.1 Å². The van der Waals surface area contributed by atoms with Gasteiger partial charge in [0, 0.05) is 39.5 Å². The number of hydrogen-bond acceptors (Lipinski definition) is 11. The third kappa shape index (κ3) is 7.05. The Labute approximate surface area is 184 Å². The van der Waals surface area contributed by atoms with E-state index >= 15 is 0 Å². The van der Waals surface area contributed by atoms with Crippen molar-refractivity contribution in [3.63, 3.8) is 0 Å². The fourth-order valence-corrected chi connectivity index (χ4v) is 3.08. The summed E-state index contributed by atoms with van der Waals surface area (Å²) in [5, 5.41) is 9.96. The average molecular weight is 451 g/mol. The minimum Gasteiger partial charge on any atom is -0.507 e. The first-order valence-corrected chi connectivity index (χ1v) is 9.70. The van der Waals surface area contributed by atoms with E-state index in [-0.39, 0.29) is 12.4 Å². The van der Waals surface area contributed by atoms with Gasteiger partial charge in [0.2, 0.25) is 0 Å². The van der Waals surface area contributed by atoms with Crippen LogP contribution in [0, 0.1) is 0 Å². The average Bonchev–Trinajstić information content (AvgIpc) is 2.68. The van der Waals surface area contributed by atoms with E-state index in [1.54, 1.807) is 18.2 Å². The number of esters is 4. The number of para-hydroxylation sites is 1. The Morgan fingerprint density at radius 1 is 0.906 bits per heavy atom. The van der Waals surface area contributed by atoms with Crippen LogP contribution in [0.15, 0.2) is 29.3 Å². The number of benzene rings is 1. The predicted octanol–water partition coefficient (Wildman–Crippen LogP) is 0.894. The Bertz CT molecular complexity index is 883. The molecule has 1 saturated heterocycles. The third-order valence-corrected chi connectivity index (χ3v) is 4.26. The number of nitrogens with zero attached hydrogens (tertiary/aromatic N) is 1. The summed E-state index contributed by atoms with van der Waals surface area (Å²) in [6.45, 7) is 4.24. The van der Waals surface area contributed by atoms with Crippen LogP contribution in [0.5, 0.6) is 5.75 Å². The van der Waals surface area contributed by atoms with Crippen molar-refractivity contribution in [2.24, 2.45) is 4.99 Å². The van der Waals surface area contributed by atoms with Crippen molar-refractivity contribution in [1.82, 2.24) is 0 Å². The Hall–Kier alpha value is -3.47. The molecule has 0 radical (unpaired) electrons. The molecule has 1 heterocycles. The first-order valence-electron chi connectivity index (χ1n) is 9.70. The second-order valence-corrected chi connectivity index (χ2v) is 6.93. The maximum Gasteiger partial charge on any atom is 0.303 e. The number of aliphatic imine (C=N–C) groups is 1. The van der Waals surface area contributed by atoms with Gasteiger partial charge < -0.3 is 28.8 Å². The standard InChI is InChI=1S/C21H25NO10/c1-11(23)28-10-17-18(29-12(2)24)19(30-13(3)25)20(31-14(4)26)21(32-17)22-9-15-7-5-6-8-16(15)27/h5-9,17-21,27H,10H2,1-4H3/t17-,18+,19+,20+,21-/m1/s1. The van der Waals surface area contributed by atoms with Gasteiger partial charge in [0.15, 0.2) is 24.5 Å². The molecule has 0 unspecified atom stereocenters. The molecule has 0 aromatic heterocycles. The second kappa shape index (κ2) is 11.2. The molecule has 1 aromatic carbocycles. The van der Waals surface area contributed by atoms with Gasteiger partial charge in [0.25, 0.3) is 0 Å². The van der Waals surface area contributed by atoms with E-state index in [1.807, 2.05) is 0 Å². The lowest BCUT2D eigenvalue weighted by Crippen LogP contribution is -2.62. The number of phenolic OH excluding ortho intramolecular Hbond substituents is 1. The van der Waals surface area contributed by atoms with Crippen LogP contribution < -0.4 is 0 Å². The van der Waals surface area contributed by atoms with Gasteiger partial charge in [-0.05, 0) is 12.1 Å². The van der Waals surface area contributed by atoms with E-state index in [4.69, 9.17) is 23.7 Å². The lowest BCUT2D eigenvalue weighted by atomic mass is 9.97. The molecular weight excluding hydrogens is 426 g/mol. The van der Waals surface area contributed by atoms with E-state index in [9.17, 15) is 24.3 Å². The molecule has 1 aliphatic rings. The molecule has 0 saturated carbocycles. The van der Waals surface area contributed by atoms with E-state index in [0.29, 0.717) is 5.56 Å². The van der Waals surface area contributed by atoms with Gasteiger partial charge in [-0.2, -0.15) is 0 Å². The van der Waals surface area contributed by atoms with Gasteiger partial charge in [-0.25, -0.2) is 0 Å². The number of phenols is 1. The first-order chi connectivity index (χ1) is 15.1. The summed E-state index contributed by atoms with van der Waals surface area (Å²) >= 11 is 0. The van der Waals surface area contributed by atoms with Crippen LogP contribution in [0.1, 0.15) is 33.3 Å². The van der Waals surface area contributed by atoms with Gasteiger partial charge >= 0.3 is 23.9 Å². The Morgan fingerprint density at radius 2 is 1.47 bits per heavy atom. The Kier molecular flexibility index (Phi) is 8.71. The second-order valence-electron chi connectivity index (χ2n) is 6.93. The molecule has 1 aromatic rings. The minimum absolute atomic E-state index is 0.0538. The summed E-state index contributed by atoms with van der Waals surface area (Å²) in [6, 6.07) is 6.34. The molecule has 0 spiro atoms. The van der Waals surface area contributed by atoms with Crippen LogP contribution in [-0.2, 0) is 42.9 Å². The zero-order valence-corrected chi connectivity index (χ0v) is 18.0. The normalized spacial score (nSPS) is 25.1. The quantitative estimate of drug-likeness (QED) is 0.360. The Balaban J connectivity index is 2.47. The van der Waals surface area contributed by atoms with E-state index in [0.717, 1.165) is 20.8 Å². The number of ether oxygens (including phenoxy) is 5. The predicted molar refractivity (Wildman–Crippen MR) is 108 cm³/mol. The molecule has 5 atom stereocenters. The van der Waals surface area contributed by atoms with Crippen LogP contribution in [0.25, 0.3) is 0 Å². The van der Waals surface area contributed by atoms with Crippen molar-refractivity contribution in [1.29, 1.82) is 0 Å². The molecule has 1 aliphatic heterocycles. The molecule has 11 nitrogen and oxygen atoms in total. The smallest absolute Gasteiger partial charge is 0.303 e. The molecule has 0 amide bonds.